The van der Waals surface area contributed by atoms with E-state index in [4.69, 9.17) is 27.9 Å². The van der Waals surface area contributed by atoms with Gasteiger partial charge >= 0.3 is 5.97 Å². The zero-order valence-corrected chi connectivity index (χ0v) is 15.2. The van der Waals surface area contributed by atoms with Gasteiger partial charge in [0.15, 0.2) is 11.8 Å². The van der Waals surface area contributed by atoms with Crippen LogP contribution < -0.4 is 10.6 Å². The minimum atomic E-state index is -0.937. The number of aromatic nitrogens is 1. The van der Waals surface area contributed by atoms with Crippen LogP contribution in [0, 0.1) is 0 Å². The minimum absolute atomic E-state index is 0.121. The number of carbonyl (C=O) groups excluding carboxylic acids is 3. The van der Waals surface area contributed by atoms with E-state index in [1.807, 2.05) is 0 Å². The van der Waals surface area contributed by atoms with Gasteiger partial charge in [-0.05, 0) is 43.3 Å². The zero-order chi connectivity index (χ0) is 19.1. The summed E-state index contributed by atoms with van der Waals surface area (Å²) in [6.45, 7) is 0.928. The Morgan fingerprint density at radius 1 is 1.15 bits per heavy atom. The fraction of sp³-hybridized carbons (Fsp3) is 0.176. The predicted molar refractivity (Wildman–Crippen MR) is 97.2 cm³/mol. The summed E-state index contributed by atoms with van der Waals surface area (Å²) in [5.41, 5.74) is 0.650. The number of nitrogens with one attached hydrogen (secondary N) is 2. The van der Waals surface area contributed by atoms with E-state index in [-0.39, 0.29) is 5.15 Å². The average Bonchev–Trinajstić information content (AvgIpc) is 2.62. The maximum absolute atomic E-state index is 12.0. The van der Waals surface area contributed by atoms with E-state index in [0.29, 0.717) is 16.3 Å². The second-order valence-electron chi connectivity index (χ2n) is 5.20. The van der Waals surface area contributed by atoms with Crippen LogP contribution in [0.3, 0.4) is 0 Å². The molecule has 2 N–H and O–H groups in total. The van der Waals surface area contributed by atoms with Gasteiger partial charge in [0.1, 0.15) is 6.04 Å². The summed E-state index contributed by atoms with van der Waals surface area (Å²) in [6.07, 6.45) is 1.48. The number of esters is 1. The second-order valence-corrected chi connectivity index (χ2v) is 5.99. The van der Waals surface area contributed by atoms with Gasteiger partial charge in [0.25, 0.3) is 11.8 Å². The van der Waals surface area contributed by atoms with Gasteiger partial charge in [-0.15, -0.1) is 0 Å². The zero-order valence-electron chi connectivity index (χ0n) is 13.7. The molecule has 0 spiro atoms. The van der Waals surface area contributed by atoms with Crippen LogP contribution in [0.1, 0.15) is 17.3 Å². The van der Waals surface area contributed by atoms with Gasteiger partial charge in [-0.1, -0.05) is 23.2 Å². The highest BCUT2D eigenvalue weighted by Crippen LogP contribution is 2.17. The van der Waals surface area contributed by atoms with Gasteiger partial charge in [-0.3, -0.25) is 9.59 Å². The number of amides is 2. The van der Waals surface area contributed by atoms with Crippen molar-refractivity contribution in [3.05, 3.63) is 58.3 Å². The molecule has 1 aromatic carbocycles. The Bertz CT molecular complexity index is 812. The molecule has 0 aliphatic carbocycles. The molecule has 2 amide bonds. The van der Waals surface area contributed by atoms with Gasteiger partial charge in [-0.25, -0.2) is 9.78 Å². The van der Waals surface area contributed by atoms with Crippen LogP contribution in [0.15, 0.2) is 42.6 Å². The SMILES string of the molecule is C[C@H](NC(=O)c1ccc(Cl)cc1)C(=O)OCC(=O)Nc1cccnc1Cl. The number of nitrogens with zero attached hydrogens (tertiary/aromatic N) is 1. The average molecular weight is 396 g/mol. The predicted octanol–water partition coefficient (Wildman–Crippen LogP) is 2.69. The largest absolute Gasteiger partial charge is 0.454 e. The van der Waals surface area contributed by atoms with Gasteiger partial charge in [0.2, 0.25) is 0 Å². The fourth-order valence-corrected chi connectivity index (χ4v) is 2.16. The van der Waals surface area contributed by atoms with Crippen molar-refractivity contribution in [2.45, 2.75) is 13.0 Å². The number of rotatable bonds is 6. The lowest BCUT2D eigenvalue weighted by atomic mass is 10.2. The quantitative estimate of drug-likeness (QED) is 0.578. The summed E-state index contributed by atoms with van der Waals surface area (Å²) in [5.74, 6) is -1.79. The van der Waals surface area contributed by atoms with Crippen LogP contribution in [-0.4, -0.2) is 35.4 Å². The van der Waals surface area contributed by atoms with Crippen molar-refractivity contribution in [1.29, 1.82) is 0 Å². The minimum Gasteiger partial charge on any atom is -0.454 e. The van der Waals surface area contributed by atoms with Crippen molar-refractivity contribution in [2.75, 3.05) is 11.9 Å². The lowest BCUT2D eigenvalue weighted by Crippen LogP contribution is -2.40. The number of halogens is 2. The van der Waals surface area contributed by atoms with E-state index in [2.05, 4.69) is 15.6 Å². The Morgan fingerprint density at radius 3 is 2.50 bits per heavy atom. The molecule has 1 atom stereocenters. The summed E-state index contributed by atoms with van der Waals surface area (Å²) in [5, 5.41) is 5.56. The third-order valence-corrected chi connectivity index (χ3v) is 3.74. The van der Waals surface area contributed by atoms with Gasteiger partial charge in [-0.2, -0.15) is 0 Å². The molecular formula is C17H15Cl2N3O4. The molecular weight excluding hydrogens is 381 g/mol. The van der Waals surface area contributed by atoms with Crippen LogP contribution in [0.4, 0.5) is 5.69 Å². The molecule has 0 aliphatic rings. The summed E-state index contributed by atoms with van der Waals surface area (Å²) in [7, 11) is 0. The normalized spacial score (nSPS) is 11.3. The number of hydrogen-bond acceptors (Lipinski definition) is 5. The number of anilines is 1. The molecule has 0 saturated carbocycles. The smallest absolute Gasteiger partial charge is 0.328 e. The van der Waals surface area contributed by atoms with Crippen molar-refractivity contribution in [2.24, 2.45) is 0 Å². The van der Waals surface area contributed by atoms with Gasteiger partial charge in [0, 0.05) is 16.8 Å². The monoisotopic (exact) mass is 395 g/mol. The Hall–Kier alpha value is -2.64. The molecule has 0 unspecified atom stereocenters. The van der Waals surface area contributed by atoms with E-state index in [1.54, 1.807) is 24.3 Å². The molecule has 0 bridgehead atoms. The molecule has 0 aliphatic heterocycles. The molecule has 2 rings (SSSR count). The maximum Gasteiger partial charge on any atom is 0.328 e. The topological polar surface area (TPSA) is 97.4 Å². The van der Waals surface area contributed by atoms with Crippen molar-refractivity contribution in [3.8, 4) is 0 Å². The first-order valence-corrected chi connectivity index (χ1v) is 8.26. The highest BCUT2D eigenvalue weighted by molar-refractivity contribution is 6.32. The van der Waals surface area contributed by atoms with Gasteiger partial charge < -0.3 is 15.4 Å². The summed E-state index contributed by atoms with van der Waals surface area (Å²) in [6, 6.07) is 8.40. The Labute approximate surface area is 159 Å². The lowest BCUT2D eigenvalue weighted by molar-refractivity contribution is -0.148. The van der Waals surface area contributed by atoms with Crippen molar-refractivity contribution in [1.82, 2.24) is 10.3 Å². The molecule has 7 nitrogen and oxygen atoms in total. The van der Waals surface area contributed by atoms with Crippen LogP contribution in [0.2, 0.25) is 10.2 Å². The first-order valence-electron chi connectivity index (χ1n) is 7.50. The molecule has 1 aromatic heterocycles. The molecule has 0 saturated heterocycles. The molecule has 1 heterocycles. The third-order valence-electron chi connectivity index (χ3n) is 3.19. The molecule has 0 fully saturated rings. The van der Waals surface area contributed by atoms with Crippen molar-refractivity contribution < 1.29 is 19.1 Å². The Balaban J connectivity index is 1.81. The fourth-order valence-electron chi connectivity index (χ4n) is 1.87. The van der Waals surface area contributed by atoms with Crippen LogP contribution >= 0.6 is 23.2 Å². The van der Waals surface area contributed by atoms with Crippen LogP contribution in [0.25, 0.3) is 0 Å². The molecule has 2 aromatic rings. The third kappa shape index (κ3) is 5.72. The lowest BCUT2D eigenvalue weighted by Gasteiger charge is -2.13. The molecule has 136 valence electrons. The number of ether oxygens (including phenoxy) is 1. The van der Waals surface area contributed by atoms with E-state index in [0.717, 1.165) is 0 Å². The van der Waals surface area contributed by atoms with E-state index >= 15 is 0 Å². The molecule has 26 heavy (non-hydrogen) atoms. The van der Waals surface area contributed by atoms with Gasteiger partial charge in [0.05, 0.1) is 5.69 Å². The van der Waals surface area contributed by atoms with Crippen molar-refractivity contribution in [3.63, 3.8) is 0 Å². The number of carbonyl (C=O) groups is 3. The molecule has 9 heteroatoms. The summed E-state index contributed by atoms with van der Waals surface area (Å²) in [4.78, 5) is 39.5. The summed E-state index contributed by atoms with van der Waals surface area (Å²) >= 11 is 11.6. The number of benzene rings is 1. The maximum atomic E-state index is 12.0. The van der Waals surface area contributed by atoms with E-state index < -0.39 is 30.4 Å². The van der Waals surface area contributed by atoms with Crippen molar-refractivity contribution >= 4 is 46.7 Å². The Kier molecular flexibility index (Phi) is 6.94. The highest BCUT2D eigenvalue weighted by atomic mass is 35.5. The van der Waals surface area contributed by atoms with Crippen LogP contribution in [0.5, 0.6) is 0 Å². The van der Waals surface area contributed by atoms with E-state index in [9.17, 15) is 14.4 Å². The first kappa shape index (κ1) is 19.7. The first-order chi connectivity index (χ1) is 12.4. The second kappa shape index (κ2) is 9.17. The number of pyridine rings is 1. The highest BCUT2D eigenvalue weighted by Gasteiger charge is 2.19. The summed E-state index contributed by atoms with van der Waals surface area (Å²) < 4.78 is 4.88. The Morgan fingerprint density at radius 2 is 1.85 bits per heavy atom. The van der Waals surface area contributed by atoms with E-state index in [1.165, 1.54) is 25.3 Å². The van der Waals surface area contributed by atoms with Crippen LogP contribution in [-0.2, 0) is 14.3 Å². The standard InChI is InChI=1S/C17H15Cl2N3O4/c1-10(21-16(24)11-4-6-12(18)7-5-11)17(25)26-9-14(23)22-13-3-2-8-20-15(13)19/h2-8,10H,9H2,1H3,(H,21,24)(H,22,23)/t10-/m0/s1. The number of hydrogen-bond donors (Lipinski definition) is 2. The molecule has 0 radical (unpaired) electrons.